The Morgan fingerprint density at radius 1 is 1.23 bits per heavy atom. The standard InChI is InChI=1S/C12H13Br/c1-12(2)8-7-11(13)9-5-3-4-6-10(9)12/h3-7H,8H2,1-2H3. The Hall–Kier alpha value is -0.560. The number of hydrogen-bond donors (Lipinski definition) is 0. The van der Waals surface area contributed by atoms with Crippen molar-refractivity contribution in [2.45, 2.75) is 25.7 Å². The molecule has 0 fully saturated rings. The Labute approximate surface area is 87.8 Å². The third kappa shape index (κ3) is 1.46. The first-order valence-corrected chi connectivity index (χ1v) is 5.36. The summed E-state index contributed by atoms with van der Waals surface area (Å²) in [7, 11) is 0. The molecule has 0 radical (unpaired) electrons. The van der Waals surface area contributed by atoms with E-state index < -0.39 is 0 Å². The van der Waals surface area contributed by atoms with Gasteiger partial charge < -0.3 is 0 Å². The monoisotopic (exact) mass is 236 g/mol. The molecule has 1 aliphatic carbocycles. The quantitative estimate of drug-likeness (QED) is 0.637. The predicted octanol–water partition coefficient (Wildman–Crippen LogP) is 4.10. The molecular weight excluding hydrogens is 224 g/mol. The van der Waals surface area contributed by atoms with E-state index in [-0.39, 0.29) is 5.41 Å². The number of rotatable bonds is 0. The predicted molar refractivity (Wildman–Crippen MR) is 61.0 cm³/mol. The highest BCUT2D eigenvalue weighted by atomic mass is 79.9. The van der Waals surface area contributed by atoms with Crippen LogP contribution >= 0.6 is 15.9 Å². The van der Waals surface area contributed by atoms with Crippen molar-refractivity contribution in [2.24, 2.45) is 0 Å². The van der Waals surface area contributed by atoms with E-state index in [2.05, 4.69) is 60.1 Å². The molecule has 1 heteroatoms. The molecule has 2 rings (SSSR count). The fourth-order valence-corrected chi connectivity index (χ4v) is 2.35. The van der Waals surface area contributed by atoms with Gasteiger partial charge >= 0.3 is 0 Å². The van der Waals surface area contributed by atoms with Crippen molar-refractivity contribution in [3.8, 4) is 0 Å². The number of fused-ring (bicyclic) bond motifs is 1. The van der Waals surface area contributed by atoms with Gasteiger partial charge in [0.2, 0.25) is 0 Å². The lowest BCUT2D eigenvalue weighted by molar-refractivity contribution is 0.528. The van der Waals surface area contributed by atoms with E-state index in [9.17, 15) is 0 Å². The highest BCUT2D eigenvalue weighted by molar-refractivity contribution is 9.15. The molecule has 68 valence electrons. The number of benzene rings is 1. The molecule has 0 aromatic heterocycles. The summed E-state index contributed by atoms with van der Waals surface area (Å²) < 4.78 is 1.24. The molecule has 0 unspecified atom stereocenters. The van der Waals surface area contributed by atoms with Crippen LogP contribution in [0.5, 0.6) is 0 Å². The second-order valence-corrected chi connectivity index (χ2v) is 5.04. The van der Waals surface area contributed by atoms with Crippen LogP contribution in [0.4, 0.5) is 0 Å². The molecule has 0 heterocycles. The topological polar surface area (TPSA) is 0 Å². The van der Waals surface area contributed by atoms with Gasteiger partial charge in [0.15, 0.2) is 0 Å². The number of allylic oxidation sites excluding steroid dienone is 1. The minimum absolute atomic E-state index is 0.286. The van der Waals surface area contributed by atoms with Gasteiger partial charge in [-0.15, -0.1) is 0 Å². The Balaban J connectivity index is 2.64. The van der Waals surface area contributed by atoms with Crippen LogP contribution < -0.4 is 0 Å². The number of halogens is 1. The van der Waals surface area contributed by atoms with Crippen LogP contribution in [0, 0.1) is 0 Å². The van der Waals surface area contributed by atoms with Gasteiger partial charge in [-0.25, -0.2) is 0 Å². The first-order valence-electron chi connectivity index (χ1n) is 4.57. The zero-order valence-electron chi connectivity index (χ0n) is 7.97. The third-order valence-electron chi connectivity index (χ3n) is 2.71. The maximum Gasteiger partial charge on any atom is 0.0211 e. The van der Waals surface area contributed by atoms with E-state index in [1.54, 1.807) is 0 Å². The molecule has 1 aromatic carbocycles. The Morgan fingerprint density at radius 2 is 1.92 bits per heavy atom. The minimum atomic E-state index is 0.286. The lowest BCUT2D eigenvalue weighted by Crippen LogP contribution is -2.20. The molecule has 1 aromatic rings. The van der Waals surface area contributed by atoms with Gasteiger partial charge in [0.1, 0.15) is 0 Å². The molecule has 0 N–H and O–H groups in total. The second-order valence-electron chi connectivity index (χ2n) is 4.19. The summed E-state index contributed by atoms with van der Waals surface area (Å²) in [6.45, 7) is 4.59. The summed E-state index contributed by atoms with van der Waals surface area (Å²) in [4.78, 5) is 0. The summed E-state index contributed by atoms with van der Waals surface area (Å²) in [6, 6.07) is 8.61. The molecule has 0 bridgehead atoms. The first-order chi connectivity index (χ1) is 6.11. The van der Waals surface area contributed by atoms with Crippen molar-refractivity contribution < 1.29 is 0 Å². The van der Waals surface area contributed by atoms with Gasteiger partial charge in [-0.05, 0) is 23.0 Å². The van der Waals surface area contributed by atoms with Crippen LogP contribution in [-0.4, -0.2) is 0 Å². The Morgan fingerprint density at radius 3 is 2.62 bits per heavy atom. The van der Waals surface area contributed by atoms with Crippen LogP contribution in [-0.2, 0) is 5.41 Å². The Kier molecular flexibility index (Phi) is 2.07. The summed E-state index contributed by atoms with van der Waals surface area (Å²) >= 11 is 3.60. The van der Waals surface area contributed by atoms with E-state index in [0.717, 1.165) is 6.42 Å². The van der Waals surface area contributed by atoms with Crippen LogP contribution in [0.25, 0.3) is 4.48 Å². The fourth-order valence-electron chi connectivity index (χ4n) is 1.85. The summed E-state index contributed by atoms with van der Waals surface area (Å²) in [5.74, 6) is 0. The molecule has 1 aliphatic rings. The molecule has 0 nitrogen and oxygen atoms in total. The highest BCUT2D eigenvalue weighted by Gasteiger charge is 2.26. The van der Waals surface area contributed by atoms with E-state index in [1.165, 1.54) is 15.6 Å². The maximum absolute atomic E-state index is 3.60. The van der Waals surface area contributed by atoms with Crippen LogP contribution in [0.3, 0.4) is 0 Å². The smallest absolute Gasteiger partial charge is 0.0211 e. The lowest BCUT2D eigenvalue weighted by Gasteiger charge is -2.30. The van der Waals surface area contributed by atoms with Crippen molar-refractivity contribution in [1.29, 1.82) is 0 Å². The van der Waals surface area contributed by atoms with Gasteiger partial charge in [0.25, 0.3) is 0 Å². The summed E-state index contributed by atoms with van der Waals surface area (Å²) in [5, 5.41) is 0. The molecule has 0 spiro atoms. The highest BCUT2D eigenvalue weighted by Crippen LogP contribution is 2.40. The van der Waals surface area contributed by atoms with Gasteiger partial charge in [-0.3, -0.25) is 0 Å². The second kappa shape index (κ2) is 2.98. The summed E-state index contributed by atoms with van der Waals surface area (Å²) in [6.07, 6.45) is 3.38. The van der Waals surface area contributed by atoms with Crippen molar-refractivity contribution in [1.82, 2.24) is 0 Å². The van der Waals surface area contributed by atoms with Crippen molar-refractivity contribution in [3.63, 3.8) is 0 Å². The van der Waals surface area contributed by atoms with Crippen LogP contribution in [0.1, 0.15) is 31.4 Å². The molecule has 13 heavy (non-hydrogen) atoms. The molecule has 0 saturated heterocycles. The Bertz CT molecular complexity index is 361. The zero-order valence-corrected chi connectivity index (χ0v) is 9.56. The van der Waals surface area contributed by atoms with E-state index in [4.69, 9.17) is 0 Å². The third-order valence-corrected chi connectivity index (χ3v) is 3.46. The van der Waals surface area contributed by atoms with Crippen molar-refractivity contribution in [3.05, 3.63) is 41.5 Å². The average Bonchev–Trinajstić information content (AvgIpc) is 2.13. The van der Waals surface area contributed by atoms with Crippen molar-refractivity contribution >= 4 is 20.4 Å². The average molecular weight is 237 g/mol. The van der Waals surface area contributed by atoms with E-state index in [0.29, 0.717) is 0 Å². The minimum Gasteiger partial charge on any atom is -0.0688 e. The maximum atomic E-state index is 3.60. The molecule has 0 amide bonds. The van der Waals surface area contributed by atoms with Crippen LogP contribution in [0.2, 0.25) is 0 Å². The number of hydrogen-bond acceptors (Lipinski definition) is 0. The van der Waals surface area contributed by atoms with Gasteiger partial charge in [-0.2, -0.15) is 0 Å². The van der Waals surface area contributed by atoms with E-state index >= 15 is 0 Å². The zero-order chi connectivity index (χ0) is 9.47. The van der Waals surface area contributed by atoms with Gasteiger partial charge in [0.05, 0.1) is 0 Å². The SMILES string of the molecule is CC1(C)CC=C(Br)c2ccccc21. The summed E-state index contributed by atoms with van der Waals surface area (Å²) in [5.41, 5.74) is 3.08. The van der Waals surface area contributed by atoms with Crippen LogP contribution in [0.15, 0.2) is 30.3 Å². The van der Waals surface area contributed by atoms with Crippen molar-refractivity contribution in [2.75, 3.05) is 0 Å². The van der Waals surface area contributed by atoms with Gasteiger partial charge in [0, 0.05) is 4.48 Å². The molecule has 0 saturated carbocycles. The molecule has 0 atom stereocenters. The van der Waals surface area contributed by atoms with E-state index in [1.807, 2.05) is 0 Å². The normalized spacial score (nSPS) is 19.2. The molecular formula is C12H13Br. The largest absolute Gasteiger partial charge is 0.0688 e. The van der Waals surface area contributed by atoms with Gasteiger partial charge in [-0.1, -0.05) is 60.1 Å². The first kappa shape index (κ1) is 9.01. The molecule has 0 aliphatic heterocycles. The lowest BCUT2D eigenvalue weighted by atomic mass is 9.76. The fraction of sp³-hybridized carbons (Fsp3) is 0.333.